The Hall–Kier alpha value is -3.84. The largest absolute Gasteiger partial charge is 0.311 e. The third-order valence-corrected chi connectivity index (χ3v) is 6.16. The molecule has 1 heteroatoms. The molecule has 0 aliphatic rings. The van der Waals surface area contributed by atoms with Crippen molar-refractivity contribution in [1.29, 1.82) is 0 Å². The molecule has 0 saturated carbocycles. The molecular formula is C31H27N. The SMILES string of the molecule is Cc1ccc(N(c2ccc(C)cc2)c2ccc(-c3ccc(C)c4ccccc34)cc2)cc1. The molecule has 5 aromatic rings. The lowest BCUT2D eigenvalue weighted by Crippen LogP contribution is -2.09. The first-order valence-corrected chi connectivity index (χ1v) is 11.1. The van der Waals surface area contributed by atoms with Crippen molar-refractivity contribution in [2.75, 3.05) is 4.90 Å². The number of fused-ring (bicyclic) bond motifs is 1. The van der Waals surface area contributed by atoms with Gasteiger partial charge in [0, 0.05) is 17.1 Å². The fourth-order valence-electron chi connectivity index (χ4n) is 4.33. The van der Waals surface area contributed by atoms with E-state index in [-0.39, 0.29) is 0 Å². The third-order valence-electron chi connectivity index (χ3n) is 6.16. The molecule has 0 fully saturated rings. The Bertz CT molecular complexity index is 1320. The lowest BCUT2D eigenvalue weighted by atomic mass is 9.95. The van der Waals surface area contributed by atoms with Crippen molar-refractivity contribution in [3.8, 4) is 11.1 Å². The molecular weight excluding hydrogens is 386 g/mol. The van der Waals surface area contributed by atoms with Gasteiger partial charge in [-0.1, -0.05) is 83.9 Å². The van der Waals surface area contributed by atoms with Gasteiger partial charge in [-0.05, 0) is 84.6 Å². The molecule has 5 aromatic carbocycles. The topological polar surface area (TPSA) is 3.24 Å². The van der Waals surface area contributed by atoms with Gasteiger partial charge in [0.05, 0.1) is 0 Å². The van der Waals surface area contributed by atoms with E-state index in [4.69, 9.17) is 0 Å². The number of nitrogens with zero attached hydrogens (tertiary/aromatic N) is 1. The zero-order valence-electron chi connectivity index (χ0n) is 18.8. The van der Waals surface area contributed by atoms with Crippen LogP contribution in [0.5, 0.6) is 0 Å². The number of hydrogen-bond acceptors (Lipinski definition) is 1. The maximum absolute atomic E-state index is 2.32. The molecule has 0 spiro atoms. The first-order valence-electron chi connectivity index (χ1n) is 11.1. The van der Waals surface area contributed by atoms with Gasteiger partial charge >= 0.3 is 0 Å². The number of anilines is 3. The second-order valence-corrected chi connectivity index (χ2v) is 8.53. The van der Waals surface area contributed by atoms with Crippen molar-refractivity contribution in [2.45, 2.75) is 20.8 Å². The van der Waals surface area contributed by atoms with Crippen LogP contribution in [0.1, 0.15) is 16.7 Å². The van der Waals surface area contributed by atoms with E-state index in [1.54, 1.807) is 0 Å². The van der Waals surface area contributed by atoms with Crippen molar-refractivity contribution in [3.05, 3.63) is 126 Å². The average Bonchev–Trinajstić information content (AvgIpc) is 2.83. The molecule has 0 amide bonds. The summed E-state index contributed by atoms with van der Waals surface area (Å²) in [5.74, 6) is 0. The quantitative estimate of drug-likeness (QED) is 0.284. The summed E-state index contributed by atoms with van der Waals surface area (Å²) in [4.78, 5) is 2.32. The van der Waals surface area contributed by atoms with E-state index >= 15 is 0 Å². The van der Waals surface area contributed by atoms with E-state index in [1.165, 1.54) is 38.6 Å². The fraction of sp³-hybridized carbons (Fsp3) is 0.0968. The molecule has 0 aliphatic carbocycles. The van der Waals surface area contributed by atoms with Gasteiger partial charge in [-0.3, -0.25) is 0 Å². The second-order valence-electron chi connectivity index (χ2n) is 8.53. The van der Waals surface area contributed by atoms with Gasteiger partial charge in [0.25, 0.3) is 0 Å². The molecule has 0 heterocycles. The van der Waals surface area contributed by atoms with Gasteiger partial charge in [-0.15, -0.1) is 0 Å². The van der Waals surface area contributed by atoms with Crippen LogP contribution in [0, 0.1) is 20.8 Å². The van der Waals surface area contributed by atoms with Gasteiger partial charge in [0.2, 0.25) is 0 Å². The molecule has 5 rings (SSSR count). The molecule has 0 bridgehead atoms. The zero-order valence-corrected chi connectivity index (χ0v) is 18.8. The minimum Gasteiger partial charge on any atom is -0.311 e. The summed E-state index contributed by atoms with van der Waals surface area (Å²) in [6.07, 6.45) is 0. The van der Waals surface area contributed by atoms with E-state index in [0.29, 0.717) is 0 Å². The first kappa shape index (κ1) is 20.1. The Balaban J connectivity index is 1.59. The Morgan fingerprint density at radius 1 is 0.438 bits per heavy atom. The van der Waals surface area contributed by atoms with Crippen LogP contribution in [0.2, 0.25) is 0 Å². The molecule has 0 radical (unpaired) electrons. The maximum atomic E-state index is 2.32. The standard InChI is InChI=1S/C31H27N/c1-22-8-15-26(16-9-22)32(27-17-10-23(2)11-18-27)28-19-13-25(14-20-28)30-21-12-24(3)29-6-4-5-7-31(29)30/h4-21H,1-3H3. The summed E-state index contributed by atoms with van der Waals surface area (Å²) >= 11 is 0. The molecule has 0 aliphatic heterocycles. The monoisotopic (exact) mass is 413 g/mol. The fourth-order valence-corrected chi connectivity index (χ4v) is 4.33. The van der Waals surface area contributed by atoms with Crippen LogP contribution in [-0.2, 0) is 0 Å². The zero-order chi connectivity index (χ0) is 22.1. The summed E-state index contributed by atoms with van der Waals surface area (Å²) < 4.78 is 0. The van der Waals surface area contributed by atoms with Crippen LogP contribution in [0.4, 0.5) is 17.1 Å². The van der Waals surface area contributed by atoms with Crippen LogP contribution < -0.4 is 4.90 Å². The minimum absolute atomic E-state index is 1.15. The molecule has 0 unspecified atom stereocenters. The smallest absolute Gasteiger partial charge is 0.0462 e. The van der Waals surface area contributed by atoms with Crippen molar-refractivity contribution in [2.24, 2.45) is 0 Å². The molecule has 32 heavy (non-hydrogen) atoms. The number of aryl methyl sites for hydroxylation is 3. The Labute approximate surface area is 190 Å². The van der Waals surface area contributed by atoms with Crippen molar-refractivity contribution in [1.82, 2.24) is 0 Å². The Morgan fingerprint density at radius 3 is 1.44 bits per heavy atom. The number of rotatable bonds is 4. The number of hydrogen-bond donors (Lipinski definition) is 0. The van der Waals surface area contributed by atoms with Crippen LogP contribution in [0.25, 0.3) is 21.9 Å². The first-order chi connectivity index (χ1) is 15.6. The predicted octanol–water partition coefficient (Wildman–Crippen LogP) is 8.90. The highest BCUT2D eigenvalue weighted by atomic mass is 15.1. The van der Waals surface area contributed by atoms with E-state index in [2.05, 4.69) is 135 Å². The molecule has 0 N–H and O–H groups in total. The summed E-state index contributed by atoms with van der Waals surface area (Å²) in [6.45, 7) is 6.43. The van der Waals surface area contributed by atoms with Gasteiger partial charge in [-0.25, -0.2) is 0 Å². The molecule has 1 nitrogen and oxygen atoms in total. The highest BCUT2D eigenvalue weighted by molar-refractivity contribution is 5.98. The van der Waals surface area contributed by atoms with E-state index in [1.807, 2.05) is 0 Å². The van der Waals surface area contributed by atoms with E-state index in [9.17, 15) is 0 Å². The summed E-state index contributed by atoms with van der Waals surface area (Å²) in [7, 11) is 0. The predicted molar refractivity (Wildman–Crippen MR) is 138 cm³/mol. The summed E-state index contributed by atoms with van der Waals surface area (Å²) in [5, 5.41) is 2.61. The second kappa shape index (κ2) is 8.36. The lowest BCUT2D eigenvalue weighted by Gasteiger charge is -2.26. The minimum atomic E-state index is 1.15. The molecule has 0 saturated heterocycles. The average molecular weight is 414 g/mol. The van der Waals surface area contributed by atoms with Gasteiger partial charge in [0.1, 0.15) is 0 Å². The normalized spacial score (nSPS) is 11.0. The Morgan fingerprint density at radius 2 is 0.906 bits per heavy atom. The van der Waals surface area contributed by atoms with Gasteiger partial charge in [-0.2, -0.15) is 0 Å². The van der Waals surface area contributed by atoms with Crippen LogP contribution in [0.3, 0.4) is 0 Å². The highest BCUT2D eigenvalue weighted by Crippen LogP contribution is 2.37. The Kier molecular flexibility index (Phi) is 5.25. The highest BCUT2D eigenvalue weighted by Gasteiger charge is 2.13. The lowest BCUT2D eigenvalue weighted by molar-refractivity contribution is 1.27. The van der Waals surface area contributed by atoms with E-state index < -0.39 is 0 Å². The number of benzene rings is 5. The van der Waals surface area contributed by atoms with Crippen molar-refractivity contribution >= 4 is 27.8 Å². The summed E-state index contributed by atoms with van der Waals surface area (Å²) in [6, 6.07) is 39.5. The molecule has 156 valence electrons. The maximum Gasteiger partial charge on any atom is 0.0462 e. The summed E-state index contributed by atoms with van der Waals surface area (Å²) in [5.41, 5.74) is 9.82. The van der Waals surface area contributed by atoms with Gasteiger partial charge in [0.15, 0.2) is 0 Å². The van der Waals surface area contributed by atoms with Crippen LogP contribution in [-0.4, -0.2) is 0 Å². The van der Waals surface area contributed by atoms with Crippen molar-refractivity contribution < 1.29 is 0 Å². The van der Waals surface area contributed by atoms with E-state index in [0.717, 1.165) is 17.1 Å². The van der Waals surface area contributed by atoms with Gasteiger partial charge < -0.3 is 4.90 Å². The molecule has 0 atom stereocenters. The van der Waals surface area contributed by atoms with Crippen LogP contribution >= 0.6 is 0 Å². The third kappa shape index (κ3) is 3.78. The van der Waals surface area contributed by atoms with Crippen LogP contribution in [0.15, 0.2) is 109 Å². The molecule has 0 aromatic heterocycles. The van der Waals surface area contributed by atoms with Crippen molar-refractivity contribution in [3.63, 3.8) is 0 Å².